The van der Waals surface area contributed by atoms with E-state index in [1.54, 1.807) is 0 Å². The Morgan fingerprint density at radius 2 is 1.86 bits per heavy atom. The SMILES string of the molecule is NC(C(=O)NCC1CCCc2ccccc21)c1ccccc1. The van der Waals surface area contributed by atoms with Crippen LogP contribution in [0.2, 0.25) is 0 Å². The lowest BCUT2D eigenvalue weighted by Gasteiger charge is -2.26. The molecule has 2 aromatic carbocycles. The number of fused-ring (bicyclic) bond motifs is 1. The standard InChI is InChI=1S/C19H22N2O/c20-18(15-8-2-1-3-9-15)19(22)21-13-16-11-6-10-14-7-4-5-12-17(14)16/h1-5,7-9,12,16,18H,6,10-11,13,20H2,(H,21,22). The van der Waals surface area contributed by atoms with Crippen molar-refractivity contribution >= 4 is 5.91 Å². The normalized spacial score (nSPS) is 18.3. The Morgan fingerprint density at radius 3 is 2.68 bits per heavy atom. The molecule has 0 fully saturated rings. The number of nitrogens with two attached hydrogens (primary N) is 1. The summed E-state index contributed by atoms with van der Waals surface area (Å²) in [4.78, 5) is 12.3. The van der Waals surface area contributed by atoms with Crippen LogP contribution in [0.3, 0.4) is 0 Å². The van der Waals surface area contributed by atoms with E-state index >= 15 is 0 Å². The Hall–Kier alpha value is -2.13. The van der Waals surface area contributed by atoms with Crippen LogP contribution in [-0.2, 0) is 11.2 Å². The molecule has 0 aromatic heterocycles. The van der Waals surface area contributed by atoms with Crippen LogP contribution in [0.15, 0.2) is 54.6 Å². The van der Waals surface area contributed by atoms with Gasteiger partial charge in [0.1, 0.15) is 6.04 Å². The van der Waals surface area contributed by atoms with Gasteiger partial charge in [-0.25, -0.2) is 0 Å². The van der Waals surface area contributed by atoms with Crippen LogP contribution < -0.4 is 11.1 Å². The van der Waals surface area contributed by atoms with Crippen molar-refractivity contribution < 1.29 is 4.79 Å². The summed E-state index contributed by atoms with van der Waals surface area (Å²) in [6.07, 6.45) is 3.45. The van der Waals surface area contributed by atoms with Gasteiger partial charge in [0.05, 0.1) is 0 Å². The fraction of sp³-hybridized carbons (Fsp3) is 0.316. The second kappa shape index (κ2) is 6.75. The number of carbonyl (C=O) groups is 1. The number of hydrogen-bond donors (Lipinski definition) is 2. The number of aryl methyl sites for hydroxylation is 1. The molecule has 1 aliphatic carbocycles. The summed E-state index contributed by atoms with van der Waals surface area (Å²) in [5, 5.41) is 3.03. The van der Waals surface area contributed by atoms with Gasteiger partial charge in [-0.2, -0.15) is 0 Å². The van der Waals surface area contributed by atoms with E-state index < -0.39 is 6.04 Å². The van der Waals surface area contributed by atoms with Gasteiger partial charge in [-0.3, -0.25) is 4.79 Å². The molecular formula is C19H22N2O. The van der Waals surface area contributed by atoms with Crippen LogP contribution in [0, 0.1) is 0 Å². The molecule has 3 nitrogen and oxygen atoms in total. The molecule has 3 heteroatoms. The number of rotatable bonds is 4. The smallest absolute Gasteiger partial charge is 0.241 e. The van der Waals surface area contributed by atoms with Gasteiger partial charge in [0.25, 0.3) is 0 Å². The zero-order valence-electron chi connectivity index (χ0n) is 12.7. The number of amides is 1. The van der Waals surface area contributed by atoms with Gasteiger partial charge >= 0.3 is 0 Å². The number of benzene rings is 2. The lowest BCUT2D eigenvalue weighted by atomic mass is 9.83. The van der Waals surface area contributed by atoms with Gasteiger partial charge in [-0.1, -0.05) is 54.6 Å². The molecule has 0 bridgehead atoms. The number of nitrogens with one attached hydrogen (secondary N) is 1. The first-order valence-corrected chi connectivity index (χ1v) is 7.92. The van der Waals surface area contributed by atoms with Crippen molar-refractivity contribution in [3.63, 3.8) is 0 Å². The lowest BCUT2D eigenvalue weighted by molar-refractivity contribution is -0.122. The highest BCUT2D eigenvalue weighted by molar-refractivity contribution is 5.82. The Kier molecular flexibility index (Phi) is 4.54. The summed E-state index contributed by atoms with van der Waals surface area (Å²) in [5.41, 5.74) is 9.68. The highest BCUT2D eigenvalue weighted by atomic mass is 16.2. The van der Waals surface area contributed by atoms with E-state index in [2.05, 4.69) is 29.6 Å². The summed E-state index contributed by atoms with van der Waals surface area (Å²) in [5.74, 6) is 0.297. The zero-order valence-corrected chi connectivity index (χ0v) is 12.7. The highest BCUT2D eigenvalue weighted by Crippen LogP contribution is 2.30. The van der Waals surface area contributed by atoms with Crippen LogP contribution in [0.4, 0.5) is 0 Å². The molecule has 0 heterocycles. The molecule has 1 amide bonds. The maximum Gasteiger partial charge on any atom is 0.241 e. The van der Waals surface area contributed by atoms with E-state index in [9.17, 15) is 4.79 Å². The van der Waals surface area contributed by atoms with Gasteiger partial charge in [-0.15, -0.1) is 0 Å². The average molecular weight is 294 g/mol. The van der Waals surface area contributed by atoms with Crippen molar-refractivity contribution in [3.8, 4) is 0 Å². The van der Waals surface area contributed by atoms with E-state index in [0.29, 0.717) is 12.5 Å². The Morgan fingerprint density at radius 1 is 1.14 bits per heavy atom. The quantitative estimate of drug-likeness (QED) is 0.911. The molecular weight excluding hydrogens is 272 g/mol. The van der Waals surface area contributed by atoms with Gasteiger partial charge in [-0.05, 0) is 36.0 Å². The number of carbonyl (C=O) groups excluding carboxylic acids is 1. The summed E-state index contributed by atoms with van der Waals surface area (Å²) in [6.45, 7) is 0.663. The topological polar surface area (TPSA) is 55.1 Å². The Bertz CT molecular complexity index is 639. The van der Waals surface area contributed by atoms with Crippen molar-refractivity contribution in [2.24, 2.45) is 5.73 Å². The third-order valence-electron chi connectivity index (χ3n) is 4.46. The van der Waals surface area contributed by atoms with Crippen molar-refractivity contribution in [1.82, 2.24) is 5.32 Å². The minimum absolute atomic E-state index is 0.103. The van der Waals surface area contributed by atoms with Crippen LogP contribution in [0.25, 0.3) is 0 Å². The van der Waals surface area contributed by atoms with Crippen molar-refractivity contribution in [3.05, 3.63) is 71.3 Å². The largest absolute Gasteiger partial charge is 0.354 e. The monoisotopic (exact) mass is 294 g/mol. The van der Waals surface area contributed by atoms with Crippen LogP contribution >= 0.6 is 0 Å². The molecule has 0 spiro atoms. The second-order valence-electron chi connectivity index (χ2n) is 5.92. The highest BCUT2D eigenvalue weighted by Gasteiger charge is 2.22. The molecule has 2 atom stereocenters. The molecule has 114 valence electrons. The van der Waals surface area contributed by atoms with Crippen LogP contribution in [-0.4, -0.2) is 12.5 Å². The van der Waals surface area contributed by atoms with Crippen LogP contribution in [0.1, 0.15) is 41.5 Å². The molecule has 3 rings (SSSR count). The van der Waals surface area contributed by atoms with E-state index in [1.807, 2.05) is 30.3 Å². The van der Waals surface area contributed by atoms with Crippen molar-refractivity contribution in [2.45, 2.75) is 31.2 Å². The molecule has 2 unspecified atom stereocenters. The molecule has 0 saturated carbocycles. The maximum atomic E-state index is 12.3. The zero-order chi connectivity index (χ0) is 15.4. The van der Waals surface area contributed by atoms with E-state index in [1.165, 1.54) is 17.5 Å². The first-order valence-electron chi connectivity index (χ1n) is 7.92. The molecule has 0 aliphatic heterocycles. The molecule has 22 heavy (non-hydrogen) atoms. The van der Waals surface area contributed by atoms with E-state index in [4.69, 9.17) is 5.73 Å². The Balaban J connectivity index is 1.62. The van der Waals surface area contributed by atoms with Gasteiger partial charge in [0, 0.05) is 12.5 Å². The average Bonchev–Trinajstić information content (AvgIpc) is 2.59. The van der Waals surface area contributed by atoms with E-state index in [-0.39, 0.29) is 5.91 Å². The molecule has 2 aromatic rings. The second-order valence-corrected chi connectivity index (χ2v) is 5.92. The molecule has 3 N–H and O–H groups in total. The number of hydrogen-bond acceptors (Lipinski definition) is 2. The Labute approximate surface area is 131 Å². The first kappa shape index (κ1) is 14.8. The molecule has 0 radical (unpaired) electrons. The fourth-order valence-electron chi connectivity index (χ4n) is 3.21. The first-order chi connectivity index (χ1) is 10.8. The van der Waals surface area contributed by atoms with Crippen molar-refractivity contribution in [2.75, 3.05) is 6.54 Å². The summed E-state index contributed by atoms with van der Waals surface area (Å²) in [7, 11) is 0. The molecule has 1 aliphatic rings. The summed E-state index contributed by atoms with van der Waals surface area (Å²) < 4.78 is 0. The minimum atomic E-state index is -0.597. The van der Waals surface area contributed by atoms with Crippen molar-refractivity contribution in [1.29, 1.82) is 0 Å². The maximum absolute atomic E-state index is 12.3. The van der Waals surface area contributed by atoms with Gasteiger partial charge in [0.2, 0.25) is 5.91 Å². The third-order valence-corrected chi connectivity index (χ3v) is 4.46. The van der Waals surface area contributed by atoms with Gasteiger partial charge < -0.3 is 11.1 Å². The minimum Gasteiger partial charge on any atom is -0.354 e. The fourth-order valence-corrected chi connectivity index (χ4v) is 3.21. The summed E-state index contributed by atoms with van der Waals surface area (Å²) in [6, 6.07) is 17.5. The predicted molar refractivity (Wildman–Crippen MR) is 88.5 cm³/mol. The lowest BCUT2D eigenvalue weighted by Crippen LogP contribution is -2.37. The van der Waals surface area contributed by atoms with Crippen LogP contribution in [0.5, 0.6) is 0 Å². The van der Waals surface area contributed by atoms with E-state index in [0.717, 1.165) is 18.4 Å². The summed E-state index contributed by atoms with van der Waals surface area (Å²) >= 11 is 0. The third kappa shape index (κ3) is 3.20. The predicted octanol–water partition coefficient (Wildman–Crippen LogP) is 2.92. The molecule has 0 saturated heterocycles. The van der Waals surface area contributed by atoms with Gasteiger partial charge in [0.15, 0.2) is 0 Å².